The number of rotatable bonds is 0. The first-order valence-corrected chi connectivity index (χ1v) is 4.94. The molecule has 0 bridgehead atoms. The first kappa shape index (κ1) is 11.8. The molecule has 1 aliphatic rings. The van der Waals surface area contributed by atoms with Crippen LogP contribution in [-0.4, -0.2) is 35.6 Å². The molecule has 0 aliphatic carbocycles. The van der Waals surface area contributed by atoms with Crippen LogP contribution in [0.25, 0.3) is 0 Å². The molecule has 1 aliphatic heterocycles. The van der Waals surface area contributed by atoms with Gasteiger partial charge < -0.3 is 4.55 Å². The van der Waals surface area contributed by atoms with Gasteiger partial charge in [0.1, 0.15) is 0 Å². The molecule has 3 N–H and O–H groups in total. The van der Waals surface area contributed by atoms with Crippen molar-refractivity contribution in [3.63, 3.8) is 0 Å². The van der Waals surface area contributed by atoms with Crippen molar-refractivity contribution in [1.29, 1.82) is 0 Å². The number of nitrogens with two attached hydrogens (primary N) is 1. The van der Waals surface area contributed by atoms with Gasteiger partial charge >= 0.3 is 1.43 Å². The Bertz CT molecular complexity index is 195. The fourth-order valence-corrected chi connectivity index (χ4v) is 0.918. The molecule has 0 unspecified atom stereocenters. The average molecular weight is 198 g/mol. The zero-order valence-corrected chi connectivity index (χ0v) is 7.46. The quantitative estimate of drug-likeness (QED) is 0.307. The van der Waals surface area contributed by atoms with Crippen LogP contribution in [-0.2, 0) is 10.4 Å². The highest BCUT2D eigenvalue weighted by Gasteiger charge is 2.02. The van der Waals surface area contributed by atoms with E-state index in [9.17, 15) is 0 Å². The van der Waals surface area contributed by atoms with Crippen molar-refractivity contribution in [2.45, 2.75) is 19.3 Å². The molecule has 1 saturated heterocycles. The lowest BCUT2D eigenvalue weighted by Gasteiger charge is -2.20. The van der Waals surface area contributed by atoms with Gasteiger partial charge in [0.05, 0.1) is 0 Å². The number of piperidine rings is 1. The van der Waals surface area contributed by atoms with E-state index >= 15 is 0 Å². The molecule has 74 valence electrons. The molecule has 0 spiro atoms. The number of hydrogen-bond acceptors (Lipinski definition) is 5. The highest BCUT2D eigenvalue weighted by molar-refractivity contribution is 7.79. The fraction of sp³-hybridized carbons (Fsp3) is 1.00. The maximum atomic E-state index is 8.63. The summed E-state index contributed by atoms with van der Waals surface area (Å²) in [5, 5.41) is 1.89. The number of nitrogens with zero attached hydrogens (tertiary/aromatic N) is 1. The second-order valence-electron chi connectivity index (χ2n) is 2.52. The van der Waals surface area contributed by atoms with Crippen molar-refractivity contribution in [2.75, 3.05) is 13.1 Å². The van der Waals surface area contributed by atoms with Gasteiger partial charge in [-0.15, -0.1) is 0 Å². The standard InChI is InChI=1S/C5H12N2.H2O4S/c6-7-4-2-1-3-5-7;1-5(2,3)4/h1-6H2;(H2,1,2,3,4). The maximum Gasteiger partial charge on any atom is 1.00 e. The summed E-state index contributed by atoms with van der Waals surface area (Å²) >= 11 is 0. The van der Waals surface area contributed by atoms with Crippen LogP contribution in [0.2, 0.25) is 0 Å². The molecule has 0 atom stereocenters. The van der Waals surface area contributed by atoms with Crippen LogP contribution in [0.5, 0.6) is 0 Å². The third-order valence-electron chi connectivity index (χ3n) is 1.39. The Kier molecular flexibility index (Phi) is 5.34. The monoisotopic (exact) mass is 198 g/mol. The molecule has 0 saturated carbocycles. The van der Waals surface area contributed by atoms with E-state index in [0.717, 1.165) is 13.1 Å². The first-order valence-electron chi connectivity index (χ1n) is 3.57. The van der Waals surface area contributed by atoms with E-state index in [-0.39, 0.29) is 1.43 Å². The molecular weight excluding hydrogens is 184 g/mol. The molecule has 0 radical (unpaired) electrons. The summed E-state index contributed by atoms with van der Waals surface area (Å²) in [4.78, 5) is 0. The minimum Gasteiger partial charge on any atom is -0.726 e. The summed E-state index contributed by atoms with van der Waals surface area (Å²) in [6, 6.07) is 0. The van der Waals surface area contributed by atoms with Gasteiger partial charge in [-0.2, -0.15) is 0 Å². The maximum absolute atomic E-state index is 8.63. The lowest BCUT2D eigenvalue weighted by molar-refractivity contribution is 0.235. The summed E-state index contributed by atoms with van der Waals surface area (Å²) in [6.07, 6.45) is 3.95. The lowest BCUT2D eigenvalue weighted by atomic mass is 10.2. The summed E-state index contributed by atoms with van der Waals surface area (Å²) in [7, 11) is -4.92. The second kappa shape index (κ2) is 5.44. The Morgan fingerprint density at radius 1 is 1.33 bits per heavy atom. The summed E-state index contributed by atoms with van der Waals surface area (Å²) < 4.78 is 32.8. The SMILES string of the molecule is NN1CCCCC1.O=S(=O)([O-])O.[H+]. The van der Waals surface area contributed by atoms with Crippen molar-refractivity contribution in [1.82, 2.24) is 5.01 Å². The van der Waals surface area contributed by atoms with E-state index in [4.69, 9.17) is 23.4 Å². The van der Waals surface area contributed by atoms with Crippen LogP contribution in [0, 0.1) is 0 Å². The molecule has 1 rings (SSSR count). The minimum atomic E-state index is -4.92. The molecule has 0 amide bonds. The highest BCUT2D eigenvalue weighted by Crippen LogP contribution is 2.03. The van der Waals surface area contributed by atoms with E-state index in [1.165, 1.54) is 19.3 Å². The Morgan fingerprint density at radius 2 is 1.67 bits per heavy atom. The molecule has 0 aromatic heterocycles. The summed E-state index contributed by atoms with van der Waals surface area (Å²) in [6.45, 7) is 2.19. The number of hydrogen-bond donors (Lipinski definition) is 2. The Balaban J connectivity index is 0. The fourth-order valence-electron chi connectivity index (χ4n) is 0.918. The minimum absolute atomic E-state index is 0. The summed E-state index contributed by atoms with van der Waals surface area (Å²) in [5.74, 6) is 5.47. The van der Waals surface area contributed by atoms with Crippen LogP contribution in [0.15, 0.2) is 0 Å². The largest absolute Gasteiger partial charge is 1.00 e. The van der Waals surface area contributed by atoms with Crippen molar-refractivity contribution >= 4 is 10.4 Å². The molecule has 12 heavy (non-hydrogen) atoms. The second-order valence-corrected chi connectivity index (χ2v) is 3.38. The molecule has 0 aromatic rings. The van der Waals surface area contributed by atoms with E-state index in [0.29, 0.717) is 0 Å². The number of hydrazine groups is 1. The van der Waals surface area contributed by atoms with Crippen LogP contribution >= 0.6 is 0 Å². The average Bonchev–Trinajstić information content (AvgIpc) is 1.85. The van der Waals surface area contributed by atoms with Gasteiger partial charge in [-0.1, -0.05) is 6.42 Å². The zero-order chi connectivity index (χ0) is 9.61. The Morgan fingerprint density at radius 3 is 1.83 bits per heavy atom. The van der Waals surface area contributed by atoms with E-state index < -0.39 is 10.4 Å². The van der Waals surface area contributed by atoms with Crippen molar-refractivity contribution < 1.29 is 18.9 Å². The first-order chi connectivity index (χ1) is 5.39. The van der Waals surface area contributed by atoms with Gasteiger partial charge in [0.25, 0.3) is 0 Å². The normalized spacial score (nSPS) is 19.6. The molecule has 1 heterocycles. The van der Waals surface area contributed by atoms with E-state index in [1.54, 1.807) is 0 Å². The zero-order valence-electron chi connectivity index (χ0n) is 7.64. The van der Waals surface area contributed by atoms with Crippen molar-refractivity contribution in [3.8, 4) is 0 Å². The highest BCUT2D eigenvalue weighted by atomic mass is 32.3. The van der Waals surface area contributed by atoms with Gasteiger partial charge in [0.15, 0.2) is 0 Å². The summed E-state index contributed by atoms with van der Waals surface area (Å²) in [5.41, 5.74) is 0. The van der Waals surface area contributed by atoms with Crippen molar-refractivity contribution in [2.24, 2.45) is 5.84 Å². The topological polar surface area (TPSA) is 107 Å². The van der Waals surface area contributed by atoms with Crippen LogP contribution in [0.3, 0.4) is 0 Å². The van der Waals surface area contributed by atoms with E-state index in [1.807, 2.05) is 5.01 Å². The third-order valence-corrected chi connectivity index (χ3v) is 1.39. The van der Waals surface area contributed by atoms with Gasteiger partial charge in [-0.25, -0.2) is 13.4 Å². The van der Waals surface area contributed by atoms with Crippen molar-refractivity contribution in [3.05, 3.63) is 0 Å². The van der Waals surface area contributed by atoms with Gasteiger partial charge in [-0.3, -0.25) is 10.4 Å². The van der Waals surface area contributed by atoms with Gasteiger partial charge in [0.2, 0.25) is 10.4 Å². The molecular formula is C5H14N2O4S. The van der Waals surface area contributed by atoms with Gasteiger partial charge in [0, 0.05) is 13.1 Å². The van der Waals surface area contributed by atoms with Crippen LogP contribution in [0.4, 0.5) is 0 Å². The van der Waals surface area contributed by atoms with Crippen LogP contribution in [0.1, 0.15) is 20.7 Å². The van der Waals surface area contributed by atoms with E-state index in [2.05, 4.69) is 0 Å². The lowest BCUT2D eigenvalue weighted by Crippen LogP contribution is -2.35. The predicted octanol–water partition coefficient (Wildman–Crippen LogP) is -0.537. The van der Waals surface area contributed by atoms with Crippen LogP contribution < -0.4 is 5.84 Å². The Labute approximate surface area is 73.4 Å². The third kappa shape index (κ3) is 12.5. The molecule has 1 fully saturated rings. The van der Waals surface area contributed by atoms with Gasteiger partial charge in [-0.05, 0) is 12.8 Å². The smallest absolute Gasteiger partial charge is 0.726 e. The molecule has 7 heteroatoms. The predicted molar refractivity (Wildman–Crippen MR) is 43.0 cm³/mol. The Hall–Kier alpha value is -0.210. The molecule has 0 aromatic carbocycles. The molecule has 6 nitrogen and oxygen atoms in total.